The van der Waals surface area contributed by atoms with Gasteiger partial charge in [-0.25, -0.2) is 0 Å². The molecule has 0 heterocycles. The lowest BCUT2D eigenvalue weighted by Gasteiger charge is -2.20. The second-order valence-electron chi connectivity index (χ2n) is 8.73. The maximum atomic E-state index is 11.7. The number of carbonyl (C=O) groups is 2. The topological polar surface area (TPSA) is 66.8 Å². The summed E-state index contributed by atoms with van der Waals surface area (Å²) in [6.07, 6.45) is 18.4. The summed E-state index contributed by atoms with van der Waals surface area (Å²) in [6.45, 7) is 4.53. The molecular formula is C25H49NO4. The third-order valence-electron chi connectivity index (χ3n) is 5.56. The van der Waals surface area contributed by atoms with Gasteiger partial charge in [0.2, 0.25) is 0 Å². The molecule has 178 valence electrons. The molecule has 0 bridgehead atoms. The fourth-order valence-corrected chi connectivity index (χ4v) is 3.65. The van der Waals surface area contributed by atoms with Gasteiger partial charge in [-0.05, 0) is 45.7 Å². The average Bonchev–Trinajstić information content (AvgIpc) is 2.72. The quantitative estimate of drug-likeness (QED) is 0.129. The van der Waals surface area contributed by atoms with Gasteiger partial charge in [0.25, 0.3) is 0 Å². The Morgan fingerprint density at radius 2 is 1.53 bits per heavy atom. The summed E-state index contributed by atoms with van der Waals surface area (Å²) < 4.78 is 5.31. The van der Waals surface area contributed by atoms with Crippen LogP contribution in [0.15, 0.2) is 0 Å². The number of aliphatic hydroxyl groups is 1. The molecule has 0 aliphatic rings. The van der Waals surface area contributed by atoms with Crippen LogP contribution in [0.2, 0.25) is 0 Å². The standard InChI is InChI=1S/C25H49NO4/c1-3-4-5-6-12-17-22-30-25(29)19-14-8-7-10-15-20-26(2)23-24(28)18-13-9-11-16-21-27/h21,24,28H,3-20,22-23H2,1-2H3. The van der Waals surface area contributed by atoms with Gasteiger partial charge >= 0.3 is 5.97 Å². The molecule has 0 rings (SSSR count). The number of esters is 1. The Kier molecular flexibility index (Phi) is 22.0. The largest absolute Gasteiger partial charge is 0.466 e. The van der Waals surface area contributed by atoms with Crippen LogP contribution in [0, 0.1) is 0 Å². The van der Waals surface area contributed by atoms with Crippen molar-refractivity contribution >= 4 is 12.3 Å². The van der Waals surface area contributed by atoms with Crippen LogP contribution in [0.25, 0.3) is 0 Å². The van der Waals surface area contributed by atoms with E-state index in [0.29, 0.717) is 19.4 Å². The first-order chi connectivity index (χ1) is 14.6. The molecule has 0 radical (unpaired) electrons. The van der Waals surface area contributed by atoms with E-state index in [9.17, 15) is 14.7 Å². The molecule has 0 aliphatic carbocycles. The van der Waals surface area contributed by atoms with Crippen LogP contribution in [0.4, 0.5) is 0 Å². The Balaban J connectivity index is 3.39. The van der Waals surface area contributed by atoms with Crippen molar-refractivity contribution in [2.75, 3.05) is 26.7 Å². The molecule has 0 saturated heterocycles. The highest BCUT2D eigenvalue weighted by atomic mass is 16.5. The zero-order valence-corrected chi connectivity index (χ0v) is 19.9. The van der Waals surface area contributed by atoms with E-state index in [0.717, 1.165) is 77.2 Å². The van der Waals surface area contributed by atoms with Crippen LogP contribution >= 0.6 is 0 Å². The summed E-state index contributed by atoms with van der Waals surface area (Å²) >= 11 is 0. The lowest BCUT2D eigenvalue weighted by Crippen LogP contribution is -2.29. The molecule has 0 aliphatic heterocycles. The molecule has 0 fully saturated rings. The van der Waals surface area contributed by atoms with E-state index in [-0.39, 0.29) is 12.1 Å². The van der Waals surface area contributed by atoms with Crippen molar-refractivity contribution < 1.29 is 19.4 Å². The van der Waals surface area contributed by atoms with E-state index in [1.807, 2.05) is 0 Å². The molecule has 30 heavy (non-hydrogen) atoms. The van der Waals surface area contributed by atoms with Gasteiger partial charge in [0.15, 0.2) is 0 Å². The van der Waals surface area contributed by atoms with Crippen molar-refractivity contribution in [3.63, 3.8) is 0 Å². The van der Waals surface area contributed by atoms with Crippen LogP contribution in [-0.4, -0.2) is 55.1 Å². The first-order valence-electron chi connectivity index (χ1n) is 12.6. The molecule has 1 atom stereocenters. The fraction of sp³-hybridized carbons (Fsp3) is 0.920. The Morgan fingerprint density at radius 1 is 0.900 bits per heavy atom. The van der Waals surface area contributed by atoms with Crippen LogP contribution in [0.1, 0.15) is 116 Å². The minimum absolute atomic E-state index is 0.0385. The van der Waals surface area contributed by atoms with Crippen LogP contribution in [0.3, 0.4) is 0 Å². The summed E-state index contributed by atoms with van der Waals surface area (Å²) in [6, 6.07) is 0. The van der Waals surface area contributed by atoms with Gasteiger partial charge in [-0.3, -0.25) is 4.79 Å². The van der Waals surface area contributed by atoms with E-state index >= 15 is 0 Å². The molecule has 0 saturated carbocycles. The molecule has 1 unspecified atom stereocenters. The number of ether oxygens (including phenoxy) is 1. The smallest absolute Gasteiger partial charge is 0.305 e. The fourth-order valence-electron chi connectivity index (χ4n) is 3.65. The summed E-state index contributed by atoms with van der Waals surface area (Å²) in [5.41, 5.74) is 0. The summed E-state index contributed by atoms with van der Waals surface area (Å²) in [5.74, 6) is -0.0385. The summed E-state index contributed by atoms with van der Waals surface area (Å²) in [5, 5.41) is 10.1. The molecule has 0 aromatic rings. The number of unbranched alkanes of at least 4 members (excludes halogenated alkanes) is 12. The van der Waals surface area contributed by atoms with E-state index in [2.05, 4.69) is 18.9 Å². The Labute approximate surface area is 185 Å². The van der Waals surface area contributed by atoms with E-state index in [1.165, 1.54) is 38.5 Å². The zero-order valence-electron chi connectivity index (χ0n) is 19.9. The van der Waals surface area contributed by atoms with Gasteiger partial charge in [-0.15, -0.1) is 0 Å². The highest BCUT2D eigenvalue weighted by molar-refractivity contribution is 5.69. The Bertz CT molecular complexity index is 389. The lowest BCUT2D eigenvalue weighted by molar-refractivity contribution is -0.143. The van der Waals surface area contributed by atoms with Crippen LogP contribution in [-0.2, 0) is 14.3 Å². The van der Waals surface area contributed by atoms with Crippen molar-refractivity contribution in [2.45, 2.75) is 122 Å². The minimum Gasteiger partial charge on any atom is -0.466 e. The normalized spacial score (nSPS) is 12.3. The van der Waals surface area contributed by atoms with E-state index < -0.39 is 0 Å². The van der Waals surface area contributed by atoms with Crippen LogP contribution in [0.5, 0.6) is 0 Å². The predicted octanol–water partition coefficient (Wildman–Crippen LogP) is 5.67. The van der Waals surface area contributed by atoms with Gasteiger partial charge in [0.1, 0.15) is 6.29 Å². The van der Waals surface area contributed by atoms with Gasteiger partial charge in [0, 0.05) is 19.4 Å². The SMILES string of the molecule is CCCCCCCCOC(=O)CCCCCCCN(C)CC(O)CCCCCC=O. The Morgan fingerprint density at radius 3 is 2.27 bits per heavy atom. The number of aliphatic hydroxyl groups excluding tert-OH is 1. The Hall–Kier alpha value is -0.940. The minimum atomic E-state index is -0.270. The van der Waals surface area contributed by atoms with Crippen LogP contribution < -0.4 is 0 Å². The average molecular weight is 428 g/mol. The number of rotatable bonds is 23. The second-order valence-corrected chi connectivity index (χ2v) is 8.73. The molecule has 0 spiro atoms. The molecule has 1 N–H and O–H groups in total. The molecule has 0 aromatic carbocycles. The third-order valence-corrected chi connectivity index (χ3v) is 5.56. The predicted molar refractivity (Wildman–Crippen MR) is 125 cm³/mol. The van der Waals surface area contributed by atoms with Gasteiger partial charge in [-0.2, -0.15) is 0 Å². The molecular weight excluding hydrogens is 378 g/mol. The number of likely N-dealkylation sites (N-methyl/N-ethyl adjacent to an activating group) is 1. The lowest BCUT2D eigenvalue weighted by atomic mass is 10.1. The number of carbonyl (C=O) groups excluding carboxylic acids is 2. The monoisotopic (exact) mass is 427 g/mol. The summed E-state index contributed by atoms with van der Waals surface area (Å²) in [4.78, 5) is 24.2. The van der Waals surface area contributed by atoms with Crippen molar-refractivity contribution in [3.05, 3.63) is 0 Å². The first-order valence-corrected chi connectivity index (χ1v) is 12.6. The van der Waals surface area contributed by atoms with E-state index in [4.69, 9.17) is 4.74 Å². The van der Waals surface area contributed by atoms with Crippen molar-refractivity contribution in [1.82, 2.24) is 4.90 Å². The molecule has 0 aromatic heterocycles. The summed E-state index contributed by atoms with van der Waals surface area (Å²) in [7, 11) is 2.06. The molecule has 5 heteroatoms. The molecule has 0 amide bonds. The van der Waals surface area contributed by atoms with E-state index in [1.54, 1.807) is 0 Å². The number of nitrogens with zero attached hydrogens (tertiary/aromatic N) is 1. The van der Waals surface area contributed by atoms with Gasteiger partial charge in [0.05, 0.1) is 12.7 Å². The first kappa shape index (κ1) is 29.1. The number of aldehydes is 1. The maximum Gasteiger partial charge on any atom is 0.305 e. The van der Waals surface area contributed by atoms with Crippen molar-refractivity contribution in [3.8, 4) is 0 Å². The van der Waals surface area contributed by atoms with Gasteiger partial charge < -0.3 is 19.5 Å². The molecule has 5 nitrogen and oxygen atoms in total. The second kappa shape index (κ2) is 22.7. The van der Waals surface area contributed by atoms with Crippen molar-refractivity contribution in [2.24, 2.45) is 0 Å². The number of hydrogen-bond donors (Lipinski definition) is 1. The van der Waals surface area contributed by atoms with Crippen molar-refractivity contribution in [1.29, 1.82) is 0 Å². The maximum absolute atomic E-state index is 11.7. The third kappa shape index (κ3) is 21.8. The number of hydrogen-bond acceptors (Lipinski definition) is 5. The highest BCUT2D eigenvalue weighted by Gasteiger charge is 2.08. The zero-order chi connectivity index (χ0) is 22.3. The van der Waals surface area contributed by atoms with Gasteiger partial charge in [-0.1, -0.05) is 71.1 Å². The highest BCUT2D eigenvalue weighted by Crippen LogP contribution is 2.10.